The lowest BCUT2D eigenvalue weighted by molar-refractivity contribution is 0.175. The third kappa shape index (κ3) is 4.60. The molecule has 0 bridgehead atoms. The molecule has 1 aliphatic heterocycles. The molecular weight excluding hydrogens is 166 g/mol. The van der Waals surface area contributed by atoms with Crippen LogP contribution < -0.4 is 0 Å². The molecule has 0 aromatic heterocycles. The summed E-state index contributed by atoms with van der Waals surface area (Å²) in [7, 11) is 0. The van der Waals surface area contributed by atoms with Gasteiger partial charge in [-0.25, -0.2) is 0 Å². The van der Waals surface area contributed by atoms with E-state index >= 15 is 0 Å². The number of aliphatic hydroxyl groups excluding tert-OH is 2. The van der Waals surface area contributed by atoms with Crippen molar-refractivity contribution < 1.29 is 10.2 Å². The molecule has 1 aliphatic rings. The van der Waals surface area contributed by atoms with Gasteiger partial charge in [-0.2, -0.15) is 0 Å². The Labute approximate surface area is 80.4 Å². The maximum atomic E-state index is 9.27. The van der Waals surface area contributed by atoms with E-state index in [2.05, 4.69) is 4.90 Å². The maximum Gasteiger partial charge on any atom is 0.0679 e. The van der Waals surface area contributed by atoms with Crippen LogP contribution in [0.15, 0.2) is 0 Å². The van der Waals surface area contributed by atoms with Crippen LogP contribution in [-0.4, -0.2) is 47.5 Å². The first-order valence-corrected chi connectivity index (χ1v) is 5.34. The Bertz CT molecular complexity index is 130. The normalized spacial score (nSPS) is 24.0. The molecule has 78 valence electrons. The van der Waals surface area contributed by atoms with Crippen LogP contribution in [0.1, 0.15) is 32.1 Å². The molecule has 3 nitrogen and oxygen atoms in total. The summed E-state index contributed by atoms with van der Waals surface area (Å²) in [4.78, 5) is 2.32. The molecular formula is C10H21NO2. The van der Waals surface area contributed by atoms with Gasteiger partial charge in [-0.3, -0.25) is 0 Å². The molecule has 3 heteroatoms. The highest BCUT2D eigenvalue weighted by atomic mass is 16.3. The molecule has 0 aliphatic carbocycles. The smallest absolute Gasteiger partial charge is 0.0679 e. The first kappa shape index (κ1) is 11.0. The van der Waals surface area contributed by atoms with E-state index in [1.807, 2.05) is 0 Å². The highest BCUT2D eigenvalue weighted by molar-refractivity contribution is 4.73. The summed E-state index contributed by atoms with van der Waals surface area (Å²) in [5, 5.41) is 17.8. The summed E-state index contributed by atoms with van der Waals surface area (Å²) < 4.78 is 0. The van der Waals surface area contributed by atoms with Crippen molar-refractivity contribution in [2.45, 2.75) is 38.2 Å². The molecule has 1 unspecified atom stereocenters. The van der Waals surface area contributed by atoms with E-state index in [1.54, 1.807) is 0 Å². The van der Waals surface area contributed by atoms with E-state index in [0.717, 1.165) is 38.9 Å². The summed E-state index contributed by atoms with van der Waals surface area (Å²) in [5.74, 6) is 0. The van der Waals surface area contributed by atoms with Gasteiger partial charge >= 0.3 is 0 Å². The zero-order valence-corrected chi connectivity index (χ0v) is 8.28. The summed E-state index contributed by atoms with van der Waals surface area (Å²) in [6, 6.07) is 0. The van der Waals surface area contributed by atoms with E-state index in [1.165, 1.54) is 12.8 Å². The number of hydrogen-bond acceptors (Lipinski definition) is 3. The van der Waals surface area contributed by atoms with Crippen LogP contribution in [0.25, 0.3) is 0 Å². The van der Waals surface area contributed by atoms with Crippen molar-refractivity contribution in [1.29, 1.82) is 0 Å². The van der Waals surface area contributed by atoms with Crippen molar-refractivity contribution in [3.8, 4) is 0 Å². The van der Waals surface area contributed by atoms with Crippen molar-refractivity contribution in [1.82, 2.24) is 4.90 Å². The maximum absolute atomic E-state index is 9.27. The van der Waals surface area contributed by atoms with Gasteiger partial charge in [0, 0.05) is 19.7 Å². The lowest BCUT2D eigenvalue weighted by Gasteiger charge is -2.13. The minimum atomic E-state index is -0.0857. The van der Waals surface area contributed by atoms with E-state index < -0.39 is 0 Å². The summed E-state index contributed by atoms with van der Waals surface area (Å²) in [6.07, 6.45) is 5.32. The third-order valence-electron chi connectivity index (χ3n) is 2.63. The average Bonchev–Trinajstić information content (AvgIpc) is 2.51. The SMILES string of the molecule is OCCCCCCN1CCC(O)C1. The van der Waals surface area contributed by atoms with Gasteiger partial charge in [0.25, 0.3) is 0 Å². The Hall–Kier alpha value is -0.120. The van der Waals surface area contributed by atoms with Crippen molar-refractivity contribution in [3.05, 3.63) is 0 Å². The number of rotatable bonds is 6. The first-order valence-electron chi connectivity index (χ1n) is 5.34. The number of aliphatic hydroxyl groups is 2. The summed E-state index contributed by atoms with van der Waals surface area (Å²) in [5.41, 5.74) is 0. The van der Waals surface area contributed by atoms with Gasteiger partial charge in [0.15, 0.2) is 0 Å². The van der Waals surface area contributed by atoms with E-state index in [4.69, 9.17) is 5.11 Å². The van der Waals surface area contributed by atoms with Gasteiger partial charge in [-0.1, -0.05) is 12.8 Å². The molecule has 1 atom stereocenters. The van der Waals surface area contributed by atoms with Crippen molar-refractivity contribution >= 4 is 0 Å². The molecule has 0 saturated carbocycles. The second-order valence-electron chi connectivity index (χ2n) is 3.88. The van der Waals surface area contributed by atoms with Gasteiger partial charge < -0.3 is 15.1 Å². The van der Waals surface area contributed by atoms with Gasteiger partial charge in [0.2, 0.25) is 0 Å². The Morgan fingerprint density at radius 2 is 1.92 bits per heavy atom. The molecule has 0 amide bonds. The fourth-order valence-corrected chi connectivity index (χ4v) is 1.82. The predicted octanol–water partition coefficient (Wildman–Crippen LogP) is 0.606. The van der Waals surface area contributed by atoms with Gasteiger partial charge in [0.05, 0.1) is 6.10 Å². The van der Waals surface area contributed by atoms with Crippen LogP contribution in [0.4, 0.5) is 0 Å². The monoisotopic (exact) mass is 187 g/mol. The molecule has 1 rings (SSSR count). The fraction of sp³-hybridized carbons (Fsp3) is 1.00. The van der Waals surface area contributed by atoms with Gasteiger partial charge in [-0.15, -0.1) is 0 Å². The number of unbranched alkanes of at least 4 members (excludes halogenated alkanes) is 3. The minimum absolute atomic E-state index is 0.0857. The molecule has 0 aromatic carbocycles. The quantitative estimate of drug-likeness (QED) is 0.599. The molecule has 1 saturated heterocycles. The predicted molar refractivity (Wildman–Crippen MR) is 52.6 cm³/mol. The Morgan fingerprint density at radius 1 is 1.15 bits per heavy atom. The standard InChI is InChI=1S/C10H21NO2/c12-8-4-2-1-3-6-11-7-5-10(13)9-11/h10,12-13H,1-9H2. The number of β-amino-alcohol motifs (C(OH)–C–C–N with tert-alkyl or cyclic N) is 1. The van der Waals surface area contributed by atoms with Crippen LogP contribution in [0.3, 0.4) is 0 Å². The third-order valence-corrected chi connectivity index (χ3v) is 2.63. The number of likely N-dealkylation sites (tertiary alicyclic amines) is 1. The zero-order chi connectivity index (χ0) is 9.52. The lowest BCUT2D eigenvalue weighted by atomic mass is 10.2. The Morgan fingerprint density at radius 3 is 2.54 bits per heavy atom. The number of nitrogens with zero attached hydrogens (tertiary/aromatic N) is 1. The average molecular weight is 187 g/mol. The molecule has 0 aromatic rings. The molecule has 13 heavy (non-hydrogen) atoms. The minimum Gasteiger partial charge on any atom is -0.396 e. The Kier molecular flexibility index (Phi) is 5.35. The highest BCUT2D eigenvalue weighted by Gasteiger charge is 2.18. The fourth-order valence-electron chi connectivity index (χ4n) is 1.82. The van der Waals surface area contributed by atoms with Gasteiger partial charge in [0.1, 0.15) is 0 Å². The van der Waals surface area contributed by atoms with Gasteiger partial charge in [-0.05, 0) is 25.8 Å². The van der Waals surface area contributed by atoms with Crippen LogP contribution in [0, 0.1) is 0 Å². The number of hydrogen-bond donors (Lipinski definition) is 2. The second-order valence-corrected chi connectivity index (χ2v) is 3.88. The molecule has 2 N–H and O–H groups in total. The van der Waals surface area contributed by atoms with E-state index in [-0.39, 0.29) is 6.10 Å². The summed E-state index contributed by atoms with van der Waals surface area (Å²) in [6.45, 7) is 3.35. The largest absolute Gasteiger partial charge is 0.396 e. The van der Waals surface area contributed by atoms with Crippen LogP contribution in [-0.2, 0) is 0 Å². The molecule has 1 fully saturated rings. The molecule has 1 heterocycles. The van der Waals surface area contributed by atoms with Crippen LogP contribution >= 0.6 is 0 Å². The molecule has 0 spiro atoms. The topological polar surface area (TPSA) is 43.7 Å². The summed E-state index contributed by atoms with van der Waals surface area (Å²) >= 11 is 0. The van der Waals surface area contributed by atoms with Crippen molar-refractivity contribution in [2.24, 2.45) is 0 Å². The first-order chi connectivity index (χ1) is 6.33. The van der Waals surface area contributed by atoms with Crippen LogP contribution in [0.2, 0.25) is 0 Å². The highest BCUT2D eigenvalue weighted by Crippen LogP contribution is 2.10. The van der Waals surface area contributed by atoms with Crippen molar-refractivity contribution in [2.75, 3.05) is 26.2 Å². The zero-order valence-electron chi connectivity index (χ0n) is 8.28. The van der Waals surface area contributed by atoms with Crippen LogP contribution in [0.5, 0.6) is 0 Å². The van der Waals surface area contributed by atoms with E-state index in [9.17, 15) is 5.11 Å². The molecule has 0 radical (unpaired) electrons. The van der Waals surface area contributed by atoms with E-state index in [0.29, 0.717) is 6.61 Å². The lowest BCUT2D eigenvalue weighted by Crippen LogP contribution is -2.23. The Balaban J connectivity index is 1.88. The second kappa shape index (κ2) is 6.35. The van der Waals surface area contributed by atoms with Crippen molar-refractivity contribution in [3.63, 3.8) is 0 Å².